The summed E-state index contributed by atoms with van der Waals surface area (Å²) in [5, 5.41) is 18.8. The maximum absolute atomic E-state index is 12.3. The number of phenols is 2. The van der Waals surface area contributed by atoms with Gasteiger partial charge in [0.15, 0.2) is 17.2 Å². The molecule has 2 aromatic rings. The van der Waals surface area contributed by atoms with E-state index in [1.54, 1.807) is 0 Å². The van der Waals surface area contributed by atoms with Gasteiger partial charge in [0.2, 0.25) is 0 Å². The van der Waals surface area contributed by atoms with Crippen LogP contribution in [0.25, 0.3) is 10.8 Å². The maximum Gasteiger partial charge on any atom is 0.534 e. The molecule has 9 heteroatoms. The summed E-state index contributed by atoms with van der Waals surface area (Å²) in [5.41, 5.74) is -5.60. The lowest BCUT2D eigenvalue weighted by molar-refractivity contribution is -0.0499. The number of halogens is 3. The molecule has 0 aliphatic heterocycles. The summed E-state index contributed by atoms with van der Waals surface area (Å²) in [5.74, 6) is -2.11. The lowest BCUT2D eigenvalue weighted by Crippen LogP contribution is -2.28. The fraction of sp³-hybridized carbons (Fsp3) is 0.0909. The molecule has 0 aromatic heterocycles. The number of aromatic hydroxyl groups is 2. The Bertz CT molecular complexity index is 767. The molecule has 5 nitrogen and oxygen atoms in total. The molecule has 2 aromatic carbocycles. The van der Waals surface area contributed by atoms with Crippen molar-refractivity contribution in [1.29, 1.82) is 0 Å². The van der Waals surface area contributed by atoms with Crippen molar-refractivity contribution in [3.8, 4) is 17.2 Å². The average Bonchev–Trinajstić information content (AvgIpc) is 2.34. The van der Waals surface area contributed by atoms with E-state index >= 15 is 0 Å². The Hall–Kier alpha value is -2.16. The van der Waals surface area contributed by atoms with Crippen LogP contribution in [-0.4, -0.2) is 24.1 Å². The highest BCUT2D eigenvalue weighted by molar-refractivity contribution is 7.88. The van der Waals surface area contributed by atoms with Crippen molar-refractivity contribution >= 4 is 20.9 Å². The van der Waals surface area contributed by atoms with E-state index in [0.717, 1.165) is 0 Å². The topological polar surface area (TPSA) is 83.8 Å². The molecule has 0 heterocycles. The van der Waals surface area contributed by atoms with Crippen LogP contribution in [-0.2, 0) is 10.1 Å². The average molecular weight is 308 g/mol. The second-order valence-corrected chi connectivity index (χ2v) is 5.31. The van der Waals surface area contributed by atoms with Crippen LogP contribution in [0.2, 0.25) is 0 Å². The van der Waals surface area contributed by atoms with E-state index in [0.29, 0.717) is 6.07 Å². The fourth-order valence-electron chi connectivity index (χ4n) is 1.55. The molecular formula is C11H7F3O5S. The van der Waals surface area contributed by atoms with Crippen LogP contribution in [0, 0.1) is 0 Å². The third kappa shape index (κ3) is 2.31. The number of phenolic OH excluding ortho intramolecular Hbond substituents is 2. The smallest absolute Gasteiger partial charge is 0.504 e. The van der Waals surface area contributed by atoms with Crippen LogP contribution in [0.4, 0.5) is 13.2 Å². The standard InChI is InChI=1S/C11H7F3O5S/c12-11(13,14)20(17,18)19-9-5-8(15)10(16)7-4-2-1-3-6(7)9/h1-5,15-16H. The number of alkyl halides is 3. The summed E-state index contributed by atoms with van der Waals surface area (Å²) in [6.07, 6.45) is 0. The van der Waals surface area contributed by atoms with Gasteiger partial charge in [0.1, 0.15) is 0 Å². The van der Waals surface area contributed by atoms with Crippen molar-refractivity contribution < 1.29 is 36.0 Å². The van der Waals surface area contributed by atoms with Crippen molar-refractivity contribution in [2.24, 2.45) is 0 Å². The minimum atomic E-state index is -5.86. The Labute approximate surface area is 111 Å². The fourth-order valence-corrected chi connectivity index (χ4v) is 2.02. The van der Waals surface area contributed by atoms with Gasteiger partial charge in [-0.05, 0) is 0 Å². The monoisotopic (exact) mass is 308 g/mol. The first-order valence-corrected chi connectivity index (χ1v) is 6.49. The van der Waals surface area contributed by atoms with Crippen LogP contribution in [0.3, 0.4) is 0 Å². The van der Waals surface area contributed by atoms with Crippen molar-refractivity contribution in [1.82, 2.24) is 0 Å². The van der Waals surface area contributed by atoms with Crippen molar-refractivity contribution in [2.75, 3.05) is 0 Å². The molecule has 0 fully saturated rings. The van der Waals surface area contributed by atoms with Gasteiger partial charge in [0.25, 0.3) is 0 Å². The second kappa shape index (κ2) is 4.44. The Morgan fingerprint density at radius 2 is 1.60 bits per heavy atom. The minimum absolute atomic E-state index is 0.0418. The van der Waals surface area contributed by atoms with E-state index in [4.69, 9.17) is 0 Å². The van der Waals surface area contributed by atoms with Crippen LogP contribution < -0.4 is 4.18 Å². The summed E-state index contributed by atoms with van der Waals surface area (Å²) < 4.78 is 62.8. The quantitative estimate of drug-likeness (QED) is 0.506. The largest absolute Gasteiger partial charge is 0.534 e. The first kappa shape index (κ1) is 14.3. The number of fused-ring (bicyclic) bond motifs is 1. The van der Waals surface area contributed by atoms with Gasteiger partial charge in [-0.1, -0.05) is 24.3 Å². The lowest BCUT2D eigenvalue weighted by Gasteiger charge is -2.12. The van der Waals surface area contributed by atoms with Crippen LogP contribution in [0.15, 0.2) is 30.3 Å². The van der Waals surface area contributed by atoms with Gasteiger partial charge in [-0.25, -0.2) is 0 Å². The highest BCUT2D eigenvalue weighted by Gasteiger charge is 2.48. The van der Waals surface area contributed by atoms with Crippen LogP contribution >= 0.6 is 0 Å². The molecule has 0 saturated carbocycles. The third-order valence-electron chi connectivity index (χ3n) is 2.44. The first-order chi connectivity index (χ1) is 9.13. The predicted molar refractivity (Wildman–Crippen MR) is 62.9 cm³/mol. The Morgan fingerprint density at radius 3 is 2.15 bits per heavy atom. The highest BCUT2D eigenvalue weighted by atomic mass is 32.2. The van der Waals surface area contributed by atoms with E-state index in [2.05, 4.69) is 4.18 Å². The maximum atomic E-state index is 12.3. The Morgan fingerprint density at radius 1 is 1.05 bits per heavy atom. The molecule has 0 spiro atoms. The molecule has 2 rings (SSSR count). The van der Waals surface area contributed by atoms with Crippen molar-refractivity contribution in [3.05, 3.63) is 30.3 Å². The molecule has 0 saturated heterocycles. The molecule has 0 radical (unpaired) electrons. The second-order valence-electron chi connectivity index (χ2n) is 3.77. The number of rotatable bonds is 2. The summed E-state index contributed by atoms with van der Waals surface area (Å²) in [6, 6.07) is 5.99. The third-order valence-corrected chi connectivity index (χ3v) is 3.41. The SMILES string of the molecule is O=S(=O)(Oc1cc(O)c(O)c2ccccc12)C(F)(F)F. The summed E-state index contributed by atoms with van der Waals surface area (Å²) >= 11 is 0. The van der Waals surface area contributed by atoms with Gasteiger partial charge in [0.05, 0.1) is 0 Å². The summed E-state index contributed by atoms with van der Waals surface area (Å²) in [4.78, 5) is 0. The van der Waals surface area contributed by atoms with Gasteiger partial charge in [-0.15, -0.1) is 0 Å². The molecule has 0 bridgehead atoms. The molecule has 108 valence electrons. The first-order valence-electron chi connectivity index (χ1n) is 5.08. The Balaban J connectivity index is 2.65. The van der Waals surface area contributed by atoms with Gasteiger partial charge in [-0.3, -0.25) is 0 Å². The number of benzene rings is 2. The van der Waals surface area contributed by atoms with E-state index < -0.39 is 32.9 Å². The van der Waals surface area contributed by atoms with E-state index in [-0.39, 0.29) is 10.8 Å². The Kier molecular flexibility index (Phi) is 3.17. The van der Waals surface area contributed by atoms with Crippen LogP contribution in [0.5, 0.6) is 17.2 Å². The zero-order valence-electron chi connectivity index (χ0n) is 9.55. The van der Waals surface area contributed by atoms with Gasteiger partial charge >= 0.3 is 15.6 Å². The summed E-state index contributed by atoms with van der Waals surface area (Å²) in [7, 11) is -5.86. The normalized spacial score (nSPS) is 12.6. The predicted octanol–water partition coefficient (Wildman–Crippen LogP) is 2.48. The van der Waals surface area contributed by atoms with Crippen LogP contribution in [0.1, 0.15) is 0 Å². The molecule has 0 amide bonds. The zero-order valence-corrected chi connectivity index (χ0v) is 10.4. The molecule has 0 unspecified atom stereocenters. The lowest BCUT2D eigenvalue weighted by atomic mass is 10.1. The van der Waals surface area contributed by atoms with Crippen molar-refractivity contribution in [2.45, 2.75) is 5.51 Å². The number of hydrogen-bond acceptors (Lipinski definition) is 5. The number of hydrogen-bond donors (Lipinski definition) is 2. The molecule has 20 heavy (non-hydrogen) atoms. The minimum Gasteiger partial charge on any atom is -0.504 e. The van der Waals surface area contributed by atoms with Gasteiger partial charge in [0, 0.05) is 16.8 Å². The van der Waals surface area contributed by atoms with Gasteiger partial charge < -0.3 is 14.4 Å². The van der Waals surface area contributed by atoms with E-state index in [1.807, 2.05) is 0 Å². The zero-order chi connectivity index (χ0) is 15.1. The van der Waals surface area contributed by atoms with Gasteiger partial charge in [-0.2, -0.15) is 21.6 Å². The van der Waals surface area contributed by atoms with E-state index in [1.165, 1.54) is 24.3 Å². The summed E-state index contributed by atoms with van der Waals surface area (Å²) in [6.45, 7) is 0. The van der Waals surface area contributed by atoms with E-state index in [9.17, 15) is 31.8 Å². The highest BCUT2D eigenvalue weighted by Crippen LogP contribution is 2.41. The molecule has 0 aliphatic rings. The molecule has 0 aliphatic carbocycles. The van der Waals surface area contributed by atoms with Crippen molar-refractivity contribution in [3.63, 3.8) is 0 Å². The molecule has 0 atom stereocenters. The molecular weight excluding hydrogens is 301 g/mol. The molecule has 2 N–H and O–H groups in total.